The first-order chi connectivity index (χ1) is 8.93. The Hall–Kier alpha value is -0.920. The molecule has 104 valence electrons. The molecule has 2 aromatic heterocycles. The van der Waals surface area contributed by atoms with Crippen LogP contribution in [0.1, 0.15) is 51.4 Å². The lowest BCUT2D eigenvalue weighted by Crippen LogP contribution is -2.17. The highest BCUT2D eigenvalue weighted by molar-refractivity contribution is 7.19. The average molecular weight is 297 g/mol. The van der Waals surface area contributed by atoms with E-state index in [1.54, 1.807) is 11.3 Å². The zero-order chi connectivity index (χ0) is 14.0. The molecular weight excluding hydrogens is 278 g/mol. The Morgan fingerprint density at radius 3 is 2.58 bits per heavy atom. The number of hydrogen-bond acceptors (Lipinski definition) is 7. The molecule has 0 aromatic carbocycles. The molecule has 0 saturated heterocycles. The van der Waals surface area contributed by atoms with E-state index in [1.807, 2.05) is 0 Å². The summed E-state index contributed by atoms with van der Waals surface area (Å²) in [5.41, 5.74) is 0.970. The lowest BCUT2D eigenvalue weighted by Gasteiger charge is -2.15. The number of aromatic nitrogens is 4. The van der Waals surface area contributed by atoms with Gasteiger partial charge in [-0.05, 0) is 25.0 Å². The average Bonchev–Trinajstić information content (AvgIpc) is 2.97. The Bertz CT molecular complexity index is 540. The van der Waals surface area contributed by atoms with Gasteiger partial charge in [0.1, 0.15) is 9.88 Å². The molecule has 0 aliphatic carbocycles. The van der Waals surface area contributed by atoms with E-state index in [4.69, 9.17) is 0 Å². The van der Waals surface area contributed by atoms with Crippen molar-refractivity contribution in [2.75, 3.05) is 6.54 Å². The third-order valence-corrected chi connectivity index (χ3v) is 4.70. The maximum Gasteiger partial charge on any atom is 0.161 e. The van der Waals surface area contributed by atoms with Crippen molar-refractivity contribution in [2.45, 2.75) is 46.1 Å². The molecule has 0 spiro atoms. The van der Waals surface area contributed by atoms with E-state index in [0.717, 1.165) is 27.1 Å². The number of nitrogens with zero attached hydrogens (tertiary/aromatic N) is 4. The van der Waals surface area contributed by atoms with Gasteiger partial charge in [0.15, 0.2) is 5.01 Å². The number of rotatable bonds is 4. The van der Waals surface area contributed by atoms with Gasteiger partial charge in [-0.15, -0.1) is 15.3 Å². The van der Waals surface area contributed by atoms with Crippen LogP contribution in [0.15, 0.2) is 0 Å². The minimum Gasteiger partial charge on any atom is -0.308 e. The van der Waals surface area contributed by atoms with Crippen molar-refractivity contribution in [3.8, 4) is 9.88 Å². The molecule has 2 aromatic rings. The predicted octanol–water partition coefficient (Wildman–Crippen LogP) is 3.02. The van der Waals surface area contributed by atoms with Crippen molar-refractivity contribution >= 4 is 22.9 Å². The molecule has 0 aliphatic heterocycles. The van der Waals surface area contributed by atoms with Crippen molar-refractivity contribution in [2.24, 2.45) is 0 Å². The maximum atomic E-state index is 4.30. The minimum absolute atomic E-state index is 0.0263. The molecule has 7 heteroatoms. The Balaban J connectivity index is 2.31. The standard InChI is InChI=1S/C12H19N5S2/c1-6-13-7(2)10-15-16-11(18-10)8-9(12(3,4)5)14-17-19-8/h7,13H,6H2,1-5H3. The van der Waals surface area contributed by atoms with Crippen molar-refractivity contribution in [1.82, 2.24) is 25.1 Å². The Labute approximate surface area is 121 Å². The summed E-state index contributed by atoms with van der Waals surface area (Å²) in [6, 6.07) is 0.232. The van der Waals surface area contributed by atoms with Gasteiger partial charge in [0.25, 0.3) is 0 Å². The molecule has 0 aliphatic rings. The molecule has 1 unspecified atom stereocenters. The van der Waals surface area contributed by atoms with Crippen LogP contribution in [0.25, 0.3) is 9.88 Å². The largest absolute Gasteiger partial charge is 0.308 e. The summed E-state index contributed by atoms with van der Waals surface area (Å²) < 4.78 is 4.07. The summed E-state index contributed by atoms with van der Waals surface area (Å²) in [6.07, 6.45) is 0. The van der Waals surface area contributed by atoms with Gasteiger partial charge in [-0.3, -0.25) is 0 Å². The van der Waals surface area contributed by atoms with Crippen LogP contribution in [-0.4, -0.2) is 26.3 Å². The number of nitrogens with one attached hydrogen (secondary N) is 1. The molecule has 1 N–H and O–H groups in total. The predicted molar refractivity (Wildman–Crippen MR) is 79.6 cm³/mol. The second-order valence-corrected chi connectivity index (χ2v) is 7.19. The molecule has 5 nitrogen and oxygen atoms in total. The quantitative estimate of drug-likeness (QED) is 0.939. The highest BCUT2D eigenvalue weighted by Crippen LogP contribution is 2.36. The van der Waals surface area contributed by atoms with E-state index in [9.17, 15) is 0 Å². The van der Waals surface area contributed by atoms with Crippen LogP contribution in [0.2, 0.25) is 0 Å². The second kappa shape index (κ2) is 5.60. The minimum atomic E-state index is -0.0263. The van der Waals surface area contributed by atoms with Crippen LogP contribution < -0.4 is 5.32 Å². The van der Waals surface area contributed by atoms with Gasteiger partial charge >= 0.3 is 0 Å². The smallest absolute Gasteiger partial charge is 0.161 e. The fraction of sp³-hybridized carbons (Fsp3) is 0.667. The van der Waals surface area contributed by atoms with E-state index >= 15 is 0 Å². The molecule has 2 rings (SSSR count). The van der Waals surface area contributed by atoms with Crippen LogP contribution in [0, 0.1) is 0 Å². The highest BCUT2D eigenvalue weighted by Gasteiger charge is 2.25. The molecule has 2 heterocycles. The molecule has 0 radical (unpaired) electrons. The Morgan fingerprint density at radius 2 is 1.95 bits per heavy atom. The van der Waals surface area contributed by atoms with Crippen LogP contribution in [0.4, 0.5) is 0 Å². The van der Waals surface area contributed by atoms with E-state index in [1.165, 1.54) is 11.5 Å². The Morgan fingerprint density at radius 1 is 1.21 bits per heavy atom. The molecule has 1 atom stereocenters. The maximum absolute atomic E-state index is 4.30. The summed E-state index contributed by atoms with van der Waals surface area (Å²) in [6.45, 7) is 11.5. The van der Waals surface area contributed by atoms with Gasteiger partial charge in [0, 0.05) is 5.41 Å². The molecule has 0 bridgehead atoms. The second-order valence-electron chi connectivity index (χ2n) is 5.43. The topological polar surface area (TPSA) is 63.6 Å². The molecule has 19 heavy (non-hydrogen) atoms. The van der Waals surface area contributed by atoms with Gasteiger partial charge in [-0.2, -0.15) is 0 Å². The van der Waals surface area contributed by atoms with Crippen LogP contribution >= 0.6 is 22.9 Å². The van der Waals surface area contributed by atoms with Gasteiger partial charge in [-0.1, -0.05) is 43.5 Å². The van der Waals surface area contributed by atoms with Crippen molar-refractivity contribution in [3.05, 3.63) is 10.7 Å². The monoisotopic (exact) mass is 297 g/mol. The van der Waals surface area contributed by atoms with Gasteiger partial charge < -0.3 is 5.32 Å². The van der Waals surface area contributed by atoms with Crippen molar-refractivity contribution in [1.29, 1.82) is 0 Å². The summed E-state index contributed by atoms with van der Waals surface area (Å²) in [4.78, 5) is 1.04. The van der Waals surface area contributed by atoms with Crippen molar-refractivity contribution in [3.63, 3.8) is 0 Å². The van der Waals surface area contributed by atoms with Crippen LogP contribution in [0.3, 0.4) is 0 Å². The van der Waals surface area contributed by atoms with E-state index < -0.39 is 0 Å². The highest BCUT2D eigenvalue weighted by atomic mass is 32.1. The fourth-order valence-electron chi connectivity index (χ4n) is 1.72. The lowest BCUT2D eigenvalue weighted by atomic mass is 9.91. The normalized spacial score (nSPS) is 13.7. The SMILES string of the molecule is CCNC(C)c1nnc(-c2snnc2C(C)(C)C)s1. The summed E-state index contributed by atoms with van der Waals surface area (Å²) in [7, 11) is 0. The zero-order valence-electron chi connectivity index (χ0n) is 11.9. The number of hydrogen-bond donors (Lipinski definition) is 1. The van der Waals surface area contributed by atoms with Crippen LogP contribution in [-0.2, 0) is 5.41 Å². The first-order valence-electron chi connectivity index (χ1n) is 6.33. The van der Waals surface area contributed by atoms with E-state index in [0.29, 0.717) is 0 Å². The zero-order valence-corrected chi connectivity index (χ0v) is 13.5. The van der Waals surface area contributed by atoms with E-state index in [-0.39, 0.29) is 11.5 Å². The van der Waals surface area contributed by atoms with E-state index in [2.05, 4.69) is 59.7 Å². The third kappa shape index (κ3) is 3.16. The summed E-state index contributed by atoms with van der Waals surface area (Å²) in [5.74, 6) is 0. The third-order valence-electron chi connectivity index (χ3n) is 2.71. The summed E-state index contributed by atoms with van der Waals surface area (Å²) in [5, 5.41) is 18.1. The van der Waals surface area contributed by atoms with Gasteiger partial charge in [0.05, 0.1) is 11.7 Å². The van der Waals surface area contributed by atoms with Gasteiger partial charge in [-0.25, -0.2) is 0 Å². The van der Waals surface area contributed by atoms with Crippen molar-refractivity contribution < 1.29 is 0 Å². The fourth-order valence-corrected chi connectivity index (χ4v) is 3.52. The molecular formula is C12H19N5S2. The van der Waals surface area contributed by atoms with Gasteiger partial charge in [0.2, 0.25) is 0 Å². The lowest BCUT2D eigenvalue weighted by molar-refractivity contribution is 0.568. The Kier molecular flexibility index (Phi) is 4.27. The van der Waals surface area contributed by atoms with Crippen LogP contribution in [0.5, 0.6) is 0 Å². The first kappa shape index (κ1) is 14.5. The molecule has 0 amide bonds. The molecule has 0 fully saturated rings. The first-order valence-corrected chi connectivity index (χ1v) is 7.92. The molecule has 0 saturated carbocycles. The summed E-state index contributed by atoms with van der Waals surface area (Å²) >= 11 is 3.01.